The molecule has 0 bridgehead atoms. The highest BCUT2D eigenvalue weighted by molar-refractivity contribution is 9.10. The highest BCUT2D eigenvalue weighted by Gasteiger charge is 2.40. The van der Waals surface area contributed by atoms with Crippen LogP contribution < -0.4 is 10.1 Å². The second-order valence-corrected chi connectivity index (χ2v) is 7.39. The Morgan fingerprint density at radius 2 is 1.96 bits per heavy atom. The Balaban J connectivity index is 1.84. The summed E-state index contributed by atoms with van der Waals surface area (Å²) in [6, 6.07) is 12.7. The van der Waals surface area contributed by atoms with Crippen molar-refractivity contribution in [2.24, 2.45) is 5.92 Å². The van der Waals surface area contributed by atoms with E-state index in [-0.39, 0.29) is 6.04 Å². The number of fused-ring (bicyclic) bond motifs is 3. The average molecular weight is 391 g/mol. The zero-order valence-corrected chi connectivity index (χ0v) is 15.1. The van der Waals surface area contributed by atoms with Gasteiger partial charge in [-0.15, -0.1) is 0 Å². The first-order chi connectivity index (χ1) is 11.2. The molecule has 0 unspecified atom stereocenters. The number of methoxy groups -OCH3 is 1. The molecule has 2 aromatic rings. The van der Waals surface area contributed by atoms with E-state index in [0.29, 0.717) is 11.8 Å². The molecule has 0 saturated heterocycles. The lowest BCUT2D eigenvalue weighted by Gasteiger charge is -2.38. The van der Waals surface area contributed by atoms with Crippen LogP contribution in [0.4, 0.5) is 5.69 Å². The molecule has 23 heavy (non-hydrogen) atoms. The Bertz CT molecular complexity index is 772. The molecule has 118 valence electrons. The Morgan fingerprint density at radius 3 is 2.70 bits per heavy atom. The van der Waals surface area contributed by atoms with E-state index in [1.807, 2.05) is 12.1 Å². The van der Waals surface area contributed by atoms with E-state index in [2.05, 4.69) is 57.7 Å². The molecular weight excluding hydrogens is 374 g/mol. The summed E-state index contributed by atoms with van der Waals surface area (Å²) in [6.45, 7) is 0. The number of ether oxygens (including phenoxy) is 1. The molecule has 1 aliphatic carbocycles. The van der Waals surface area contributed by atoms with Crippen LogP contribution in [0, 0.1) is 5.92 Å². The molecule has 4 heteroatoms. The molecule has 0 aromatic heterocycles. The fourth-order valence-electron chi connectivity index (χ4n) is 3.81. The van der Waals surface area contributed by atoms with Crippen LogP contribution in [0.3, 0.4) is 0 Å². The van der Waals surface area contributed by atoms with E-state index in [0.717, 1.165) is 32.9 Å². The molecule has 2 aromatic carbocycles. The number of hydrogen-bond donors (Lipinski definition) is 1. The summed E-state index contributed by atoms with van der Waals surface area (Å²) in [6.07, 6.45) is 5.63. The van der Waals surface area contributed by atoms with Crippen molar-refractivity contribution in [1.82, 2.24) is 0 Å². The first-order valence-electron chi connectivity index (χ1n) is 7.74. The number of halogens is 2. The Kier molecular flexibility index (Phi) is 3.86. The van der Waals surface area contributed by atoms with Gasteiger partial charge in [0.15, 0.2) is 0 Å². The van der Waals surface area contributed by atoms with Crippen molar-refractivity contribution in [2.75, 3.05) is 12.4 Å². The quantitative estimate of drug-likeness (QED) is 0.641. The van der Waals surface area contributed by atoms with Crippen LogP contribution >= 0.6 is 27.5 Å². The molecule has 0 amide bonds. The summed E-state index contributed by atoms with van der Waals surface area (Å²) < 4.78 is 6.66. The van der Waals surface area contributed by atoms with E-state index >= 15 is 0 Å². The fraction of sp³-hybridized carbons (Fsp3) is 0.263. The van der Waals surface area contributed by atoms with Crippen molar-refractivity contribution in [3.63, 3.8) is 0 Å². The third-order valence-corrected chi connectivity index (χ3v) is 5.74. The summed E-state index contributed by atoms with van der Waals surface area (Å²) in [5.74, 6) is 1.67. The number of anilines is 1. The van der Waals surface area contributed by atoms with E-state index in [1.165, 1.54) is 5.56 Å². The summed E-state index contributed by atoms with van der Waals surface area (Å²) >= 11 is 10.0. The third kappa shape index (κ3) is 2.47. The lowest BCUT2D eigenvalue weighted by Crippen LogP contribution is -2.29. The maximum atomic E-state index is 6.52. The van der Waals surface area contributed by atoms with Crippen molar-refractivity contribution in [2.45, 2.75) is 18.4 Å². The lowest BCUT2D eigenvalue weighted by molar-refractivity contribution is 0.397. The van der Waals surface area contributed by atoms with Crippen LogP contribution in [0.5, 0.6) is 5.75 Å². The highest BCUT2D eigenvalue weighted by atomic mass is 79.9. The minimum Gasteiger partial charge on any atom is -0.495 e. The predicted octanol–water partition coefficient (Wildman–Crippen LogP) is 5.94. The third-order valence-electron chi connectivity index (χ3n) is 4.88. The zero-order valence-electron chi connectivity index (χ0n) is 12.7. The Morgan fingerprint density at radius 1 is 1.17 bits per heavy atom. The van der Waals surface area contributed by atoms with E-state index < -0.39 is 0 Å². The number of rotatable bonds is 2. The second kappa shape index (κ2) is 5.88. The van der Waals surface area contributed by atoms with Gasteiger partial charge >= 0.3 is 0 Å². The monoisotopic (exact) mass is 389 g/mol. The van der Waals surface area contributed by atoms with Gasteiger partial charge in [0.05, 0.1) is 18.8 Å². The highest BCUT2D eigenvalue weighted by Crippen LogP contribution is 2.54. The van der Waals surface area contributed by atoms with Gasteiger partial charge in [-0.1, -0.05) is 51.8 Å². The van der Waals surface area contributed by atoms with Gasteiger partial charge in [0.1, 0.15) is 5.75 Å². The van der Waals surface area contributed by atoms with Crippen molar-refractivity contribution < 1.29 is 4.74 Å². The average Bonchev–Trinajstić information content (AvgIpc) is 3.04. The maximum Gasteiger partial charge on any atom is 0.142 e. The molecule has 3 atom stereocenters. The first-order valence-corrected chi connectivity index (χ1v) is 8.91. The molecule has 2 nitrogen and oxygen atoms in total. The standard InChI is InChI=1S/C19H17BrClNO/c1-23-16-10-9-15(21)17-13-3-2-4-14(13)18(22-19(16)17)11-5-7-12(20)8-6-11/h2-3,5-10,13-14,18,22H,4H2,1H3/t13-,14+,18-/m0/s1. The molecule has 0 fully saturated rings. The van der Waals surface area contributed by atoms with Crippen LogP contribution in [0.1, 0.15) is 29.5 Å². The molecule has 1 aliphatic heterocycles. The lowest BCUT2D eigenvalue weighted by atomic mass is 9.77. The van der Waals surface area contributed by atoms with Gasteiger partial charge in [-0.05, 0) is 42.2 Å². The van der Waals surface area contributed by atoms with Crippen molar-refractivity contribution in [3.8, 4) is 5.75 Å². The summed E-state index contributed by atoms with van der Waals surface area (Å²) in [5, 5.41) is 4.51. The Hall–Kier alpha value is -1.45. The van der Waals surface area contributed by atoms with Gasteiger partial charge in [-0.3, -0.25) is 0 Å². The van der Waals surface area contributed by atoms with Gasteiger partial charge in [0, 0.05) is 21.0 Å². The van der Waals surface area contributed by atoms with Gasteiger partial charge in [0.25, 0.3) is 0 Å². The number of nitrogens with one attached hydrogen (secondary N) is 1. The molecular formula is C19H17BrClNO. The van der Waals surface area contributed by atoms with Crippen molar-refractivity contribution in [1.29, 1.82) is 0 Å². The SMILES string of the molecule is COc1ccc(Cl)c2c1N[C@@H](c1ccc(Br)cc1)[C@@H]1CC=C[C@H]21. The van der Waals surface area contributed by atoms with E-state index in [1.54, 1.807) is 7.11 Å². The molecule has 0 saturated carbocycles. The molecule has 2 aliphatic rings. The smallest absolute Gasteiger partial charge is 0.142 e. The minimum atomic E-state index is 0.253. The largest absolute Gasteiger partial charge is 0.495 e. The number of benzene rings is 2. The predicted molar refractivity (Wildman–Crippen MR) is 98.5 cm³/mol. The summed E-state index contributed by atoms with van der Waals surface area (Å²) in [5.41, 5.74) is 3.48. The van der Waals surface area contributed by atoms with Crippen LogP contribution in [-0.4, -0.2) is 7.11 Å². The number of hydrogen-bond acceptors (Lipinski definition) is 2. The van der Waals surface area contributed by atoms with E-state index in [9.17, 15) is 0 Å². The number of allylic oxidation sites excluding steroid dienone is 2. The van der Waals surface area contributed by atoms with Crippen LogP contribution in [0.2, 0.25) is 5.02 Å². The van der Waals surface area contributed by atoms with E-state index in [4.69, 9.17) is 16.3 Å². The summed E-state index contributed by atoms with van der Waals surface area (Å²) in [7, 11) is 1.70. The fourth-order valence-corrected chi connectivity index (χ4v) is 4.36. The van der Waals surface area contributed by atoms with Crippen molar-refractivity contribution in [3.05, 3.63) is 69.2 Å². The minimum absolute atomic E-state index is 0.253. The van der Waals surface area contributed by atoms with Crippen LogP contribution in [0.15, 0.2) is 53.0 Å². The maximum absolute atomic E-state index is 6.52. The second-order valence-electron chi connectivity index (χ2n) is 6.07. The molecule has 4 rings (SSSR count). The van der Waals surface area contributed by atoms with Crippen LogP contribution in [-0.2, 0) is 0 Å². The normalized spacial score (nSPS) is 24.7. The Labute approximate surface area is 149 Å². The van der Waals surface area contributed by atoms with Crippen molar-refractivity contribution >= 4 is 33.2 Å². The molecule has 0 spiro atoms. The topological polar surface area (TPSA) is 21.3 Å². The van der Waals surface area contributed by atoms with Gasteiger partial charge < -0.3 is 10.1 Å². The molecule has 0 radical (unpaired) electrons. The van der Waals surface area contributed by atoms with Crippen LogP contribution in [0.25, 0.3) is 0 Å². The van der Waals surface area contributed by atoms with Gasteiger partial charge in [-0.25, -0.2) is 0 Å². The van der Waals surface area contributed by atoms with Gasteiger partial charge in [0.2, 0.25) is 0 Å². The first kappa shape index (κ1) is 15.1. The molecule has 1 N–H and O–H groups in total. The zero-order chi connectivity index (χ0) is 16.0. The summed E-state index contributed by atoms with van der Waals surface area (Å²) in [4.78, 5) is 0. The molecule has 1 heterocycles. The van der Waals surface area contributed by atoms with Gasteiger partial charge in [-0.2, -0.15) is 0 Å².